The zero-order chi connectivity index (χ0) is 22.6. The summed E-state index contributed by atoms with van der Waals surface area (Å²) in [7, 11) is 0. The molecule has 2 aliphatic rings. The van der Waals surface area contributed by atoms with Gasteiger partial charge in [0, 0.05) is 0 Å². The lowest BCUT2D eigenvalue weighted by molar-refractivity contribution is 0.241. The highest BCUT2D eigenvalue weighted by Crippen LogP contribution is 2.36. The van der Waals surface area contributed by atoms with E-state index in [0.717, 1.165) is 49.0 Å². The molecule has 1 unspecified atom stereocenters. The zero-order valence-electron chi connectivity index (χ0n) is 20.8. The fourth-order valence-electron chi connectivity index (χ4n) is 5.66. The van der Waals surface area contributed by atoms with E-state index in [0.29, 0.717) is 12.4 Å². The topological polar surface area (TPSA) is 9.23 Å². The van der Waals surface area contributed by atoms with Gasteiger partial charge in [0.15, 0.2) is 11.6 Å². The van der Waals surface area contributed by atoms with Crippen LogP contribution in [0, 0.1) is 23.6 Å². The molecule has 0 bridgehead atoms. The largest absolute Gasteiger partial charge is 0.491 e. The Morgan fingerprint density at radius 2 is 1.66 bits per heavy atom. The van der Waals surface area contributed by atoms with Crippen molar-refractivity contribution in [2.75, 3.05) is 6.61 Å². The number of benzene rings is 1. The van der Waals surface area contributed by atoms with Crippen LogP contribution in [0.15, 0.2) is 29.8 Å². The molecule has 1 aromatic rings. The van der Waals surface area contributed by atoms with Crippen molar-refractivity contribution in [2.45, 2.75) is 117 Å². The van der Waals surface area contributed by atoms with E-state index in [1.807, 2.05) is 12.1 Å². The maximum atomic E-state index is 14.4. The predicted molar refractivity (Wildman–Crippen MR) is 135 cm³/mol. The lowest BCUT2D eigenvalue weighted by atomic mass is 9.76. The molecule has 0 N–H and O–H groups in total. The fraction of sp³-hybridized carbons (Fsp3) is 0.733. The molecule has 0 amide bonds. The lowest BCUT2D eigenvalue weighted by Gasteiger charge is -2.29. The minimum Gasteiger partial charge on any atom is -0.491 e. The molecule has 32 heavy (non-hydrogen) atoms. The first-order valence-corrected chi connectivity index (χ1v) is 13.8. The second-order valence-corrected chi connectivity index (χ2v) is 10.5. The normalized spacial score (nSPS) is 23.7. The maximum Gasteiger partial charge on any atom is 0.165 e. The van der Waals surface area contributed by atoms with Gasteiger partial charge in [-0.2, -0.15) is 0 Å². The highest BCUT2D eigenvalue weighted by molar-refractivity contribution is 5.30. The molecular weight excluding hydrogens is 395 g/mol. The third-order valence-electron chi connectivity index (χ3n) is 8.13. The molecule has 2 heteroatoms. The maximum absolute atomic E-state index is 14.4. The highest BCUT2D eigenvalue weighted by Gasteiger charge is 2.22. The number of unbranched alkanes of at least 4 members (excludes halogenated alkanes) is 3. The molecule has 1 nitrogen and oxygen atoms in total. The van der Waals surface area contributed by atoms with E-state index in [-0.39, 0.29) is 5.82 Å². The molecule has 0 aromatic heterocycles. The Bertz CT molecular complexity index is 686. The first kappa shape index (κ1) is 25.3. The zero-order valence-corrected chi connectivity index (χ0v) is 20.8. The van der Waals surface area contributed by atoms with Gasteiger partial charge in [-0.05, 0) is 80.4 Å². The molecule has 1 aromatic carbocycles. The second-order valence-electron chi connectivity index (χ2n) is 10.5. The van der Waals surface area contributed by atoms with Crippen molar-refractivity contribution in [3.63, 3.8) is 0 Å². The van der Waals surface area contributed by atoms with Crippen LogP contribution in [0.2, 0.25) is 0 Å². The number of ether oxygens (including phenoxy) is 1. The molecule has 3 rings (SSSR count). The first-order valence-electron chi connectivity index (χ1n) is 13.8. The third kappa shape index (κ3) is 8.56. The van der Waals surface area contributed by atoms with Crippen LogP contribution in [0.1, 0.15) is 116 Å². The van der Waals surface area contributed by atoms with E-state index < -0.39 is 0 Å². The van der Waals surface area contributed by atoms with Gasteiger partial charge in [-0.15, -0.1) is 0 Å². The summed E-state index contributed by atoms with van der Waals surface area (Å²) < 4.78 is 20.0. The van der Waals surface area contributed by atoms with Crippen LogP contribution in [0.3, 0.4) is 0 Å². The molecule has 0 radical (unpaired) electrons. The summed E-state index contributed by atoms with van der Waals surface area (Å²) >= 11 is 0. The van der Waals surface area contributed by atoms with Gasteiger partial charge in [0.2, 0.25) is 0 Å². The Morgan fingerprint density at radius 3 is 2.34 bits per heavy atom. The number of hydrogen-bond acceptors (Lipinski definition) is 1. The summed E-state index contributed by atoms with van der Waals surface area (Å²) in [5.41, 5.74) is 2.67. The van der Waals surface area contributed by atoms with Crippen molar-refractivity contribution in [1.29, 1.82) is 0 Å². The van der Waals surface area contributed by atoms with Crippen molar-refractivity contribution in [1.82, 2.24) is 0 Å². The predicted octanol–water partition coefficient (Wildman–Crippen LogP) is 9.44. The average molecular weight is 443 g/mol. The van der Waals surface area contributed by atoms with Gasteiger partial charge in [0.1, 0.15) is 0 Å². The van der Waals surface area contributed by atoms with Gasteiger partial charge in [-0.1, -0.05) is 89.4 Å². The lowest BCUT2D eigenvalue weighted by Crippen LogP contribution is -2.15. The molecule has 1 atom stereocenters. The van der Waals surface area contributed by atoms with E-state index in [1.165, 1.54) is 77.0 Å². The van der Waals surface area contributed by atoms with E-state index in [9.17, 15) is 4.39 Å². The Labute approximate surface area is 197 Å². The van der Waals surface area contributed by atoms with Gasteiger partial charge in [-0.3, -0.25) is 0 Å². The molecule has 180 valence electrons. The van der Waals surface area contributed by atoms with Gasteiger partial charge in [0.05, 0.1) is 6.61 Å². The quantitative estimate of drug-likeness (QED) is 0.218. The molecule has 0 spiro atoms. The van der Waals surface area contributed by atoms with E-state index >= 15 is 0 Å². The molecular formula is C30H47FO. The Kier molecular flexibility index (Phi) is 11.1. The Hall–Kier alpha value is -1.31. The third-order valence-corrected chi connectivity index (χ3v) is 8.13. The Morgan fingerprint density at radius 1 is 0.875 bits per heavy atom. The number of halogens is 1. The monoisotopic (exact) mass is 442 g/mol. The van der Waals surface area contributed by atoms with E-state index in [2.05, 4.69) is 19.9 Å². The molecule has 0 saturated heterocycles. The molecule has 0 heterocycles. The molecule has 1 saturated carbocycles. The first-order chi connectivity index (χ1) is 15.7. The van der Waals surface area contributed by atoms with Crippen LogP contribution in [-0.4, -0.2) is 6.61 Å². The minimum absolute atomic E-state index is 0.205. The van der Waals surface area contributed by atoms with Crippen molar-refractivity contribution >= 4 is 0 Å². The summed E-state index contributed by atoms with van der Waals surface area (Å²) in [6, 6.07) is 5.55. The van der Waals surface area contributed by atoms with Crippen molar-refractivity contribution in [2.24, 2.45) is 17.8 Å². The standard InChI is InChI=1S/C30H47FO/c1-3-5-6-7-22-32-30-21-20-28(23-29(30)31)19-18-27-16-14-26(15-17-27)13-12-25-10-8-24(4-2)9-11-25/h16,20-21,23-26H,3-15,17-19,22H2,1-2H3/t24-,25-,26?. The van der Waals surface area contributed by atoms with Crippen LogP contribution >= 0.6 is 0 Å². The number of hydrogen-bond donors (Lipinski definition) is 0. The molecule has 1 fully saturated rings. The summed E-state index contributed by atoms with van der Waals surface area (Å²) in [4.78, 5) is 0. The van der Waals surface area contributed by atoms with Gasteiger partial charge < -0.3 is 4.74 Å². The SMILES string of the molecule is CCCCCCOc1ccc(CCC2=CCC(CC[C@H]3CC[C@H](CC)CC3)CC2)cc1F. The van der Waals surface area contributed by atoms with Crippen LogP contribution in [0.5, 0.6) is 5.75 Å². The minimum atomic E-state index is -0.205. The van der Waals surface area contributed by atoms with Gasteiger partial charge in [-0.25, -0.2) is 4.39 Å². The van der Waals surface area contributed by atoms with Crippen molar-refractivity contribution in [3.05, 3.63) is 41.2 Å². The molecule has 0 aliphatic heterocycles. The van der Waals surface area contributed by atoms with Gasteiger partial charge in [0.25, 0.3) is 0 Å². The summed E-state index contributed by atoms with van der Waals surface area (Å²) in [5.74, 6) is 3.12. The fourth-order valence-corrected chi connectivity index (χ4v) is 5.66. The smallest absolute Gasteiger partial charge is 0.165 e. The highest BCUT2D eigenvalue weighted by atomic mass is 19.1. The van der Waals surface area contributed by atoms with Crippen molar-refractivity contribution in [3.8, 4) is 5.75 Å². The summed E-state index contributed by atoms with van der Waals surface area (Å²) in [6.07, 6.45) is 23.1. The van der Waals surface area contributed by atoms with Crippen molar-refractivity contribution < 1.29 is 9.13 Å². The summed E-state index contributed by atoms with van der Waals surface area (Å²) in [6.45, 7) is 5.16. The van der Waals surface area contributed by atoms with Crippen LogP contribution < -0.4 is 4.74 Å². The van der Waals surface area contributed by atoms with Gasteiger partial charge >= 0.3 is 0 Å². The Balaban J connectivity index is 1.33. The van der Waals surface area contributed by atoms with E-state index in [4.69, 9.17) is 4.74 Å². The van der Waals surface area contributed by atoms with E-state index in [1.54, 1.807) is 11.6 Å². The number of allylic oxidation sites excluding steroid dienone is 2. The van der Waals surface area contributed by atoms with Crippen LogP contribution in [0.25, 0.3) is 0 Å². The summed E-state index contributed by atoms with van der Waals surface area (Å²) in [5, 5.41) is 0. The number of rotatable bonds is 13. The number of aryl methyl sites for hydroxylation is 1. The van der Waals surface area contributed by atoms with Crippen LogP contribution in [-0.2, 0) is 6.42 Å². The average Bonchev–Trinajstić information content (AvgIpc) is 2.83. The molecule has 2 aliphatic carbocycles. The second kappa shape index (κ2) is 14.1. The van der Waals surface area contributed by atoms with Crippen LogP contribution in [0.4, 0.5) is 4.39 Å².